The van der Waals surface area contributed by atoms with Gasteiger partial charge in [0.15, 0.2) is 12.7 Å². The normalized spacial score (nSPS) is 14.2. The van der Waals surface area contributed by atoms with Crippen molar-refractivity contribution in [3.63, 3.8) is 0 Å². The Morgan fingerprint density at radius 1 is 1.44 bits per heavy atom. The third-order valence-electron chi connectivity index (χ3n) is 3.48. The summed E-state index contributed by atoms with van der Waals surface area (Å²) < 4.78 is 10.2. The molecule has 0 N–H and O–H groups in total. The van der Waals surface area contributed by atoms with E-state index in [2.05, 4.69) is 0 Å². The van der Waals surface area contributed by atoms with Crippen LogP contribution in [0.5, 0.6) is 5.75 Å². The number of likely N-dealkylation sites (N-methyl/N-ethyl adjacent to an activating group) is 1. The van der Waals surface area contributed by atoms with E-state index in [1.807, 2.05) is 0 Å². The Morgan fingerprint density at radius 3 is 2.72 bits per heavy atom. The van der Waals surface area contributed by atoms with Gasteiger partial charge in [0, 0.05) is 26.2 Å². The SMILES string of the molecule is C[C@H](OC(=O)CN1C(=O)COc2ccc([N+](=O)[O-])cc21)C(=O)N(C)C. The van der Waals surface area contributed by atoms with Crippen LogP contribution in [0.1, 0.15) is 6.92 Å². The molecule has 2 rings (SSSR count). The molecule has 0 bridgehead atoms. The zero-order valence-corrected chi connectivity index (χ0v) is 13.9. The molecule has 0 fully saturated rings. The van der Waals surface area contributed by atoms with Crippen LogP contribution in [-0.4, -0.2) is 61.0 Å². The third kappa shape index (κ3) is 4.03. The van der Waals surface area contributed by atoms with Gasteiger partial charge in [0.05, 0.1) is 10.6 Å². The maximum absolute atomic E-state index is 12.1. The number of nitro benzene ring substituents is 1. The highest BCUT2D eigenvalue weighted by Crippen LogP contribution is 2.35. The number of amides is 2. The minimum Gasteiger partial charge on any atom is -0.482 e. The Hall–Kier alpha value is -3.17. The van der Waals surface area contributed by atoms with Gasteiger partial charge in [-0.2, -0.15) is 0 Å². The van der Waals surface area contributed by atoms with Crippen LogP contribution in [0.4, 0.5) is 11.4 Å². The summed E-state index contributed by atoms with van der Waals surface area (Å²) >= 11 is 0. The first-order valence-electron chi connectivity index (χ1n) is 7.33. The summed E-state index contributed by atoms with van der Waals surface area (Å²) in [5.74, 6) is -1.51. The van der Waals surface area contributed by atoms with E-state index in [0.29, 0.717) is 0 Å². The molecule has 10 heteroatoms. The van der Waals surface area contributed by atoms with Crippen molar-refractivity contribution in [2.45, 2.75) is 13.0 Å². The number of fused-ring (bicyclic) bond motifs is 1. The number of rotatable bonds is 5. The van der Waals surface area contributed by atoms with Crippen LogP contribution in [0.25, 0.3) is 0 Å². The van der Waals surface area contributed by atoms with Crippen molar-refractivity contribution in [1.82, 2.24) is 4.90 Å². The van der Waals surface area contributed by atoms with E-state index in [1.54, 1.807) is 0 Å². The van der Waals surface area contributed by atoms with Gasteiger partial charge in [0.25, 0.3) is 17.5 Å². The van der Waals surface area contributed by atoms with E-state index in [-0.39, 0.29) is 23.7 Å². The molecule has 0 saturated heterocycles. The van der Waals surface area contributed by atoms with Crippen molar-refractivity contribution >= 4 is 29.2 Å². The van der Waals surface area contributed by atoms with Gasteiger partial charge in [0.2, 0.25) is 0 Å². The third-order valence-corrected chi connectivity index (χ3v) is 3.48. The monoisotopic (exact) mass is 351 g/mol. The number of carbonyl (C=O) groups excluding carboxylic acids is 3. The fourth-order valence-corrected chi connectivity index (χ4v) is 2.25. The molecule has 1 aliphatic rings. The van der Waals surface area contributed by atoms with Crippen LogP contribution in [0.15, 0.2) is 18.2 Å². The van der Waals surface area contributed by atoms with Gasteiger partial charge in [-0.15, -0.1) is 0 Å². The molecular weight excluding hydrogens is 334 g/mol. The highest BCUT2D eigenvalue weighted by Gasteiger charge is 2.30. The van der Waals surface area contributed by atoms with Gasteiger partial charge in [-0.3, -0.25) is 29.4 Å². The quantitative estimate of drug-likeness (QED) is 0.426. The summed E-state index contributed by atoms with van der Waals surface area (Å²) in [7, 11) is 3.04. The molecule has 1 aromatic carbocycles. The van der Waals surface area contributed by atoms with Gasteiger partial charge in [-0.1, -0.05) is 0 Å². The molecule has 1 heterocycles. The van der Waals surface area contributed by atoms with Gasteiger partial charge in [0.1, 0.15) is 12.3 Å². The molecule has 1 aromatic rings. The second-order valence-electron chi connectivity index (χ2n) is 5.54. The van der Waals surface area contributed by atoms with Crippen LogP contribution in [0.2, 0.25) is 0 Å². The second kappa shape index (κ2) is 7.16. The molecular formula is C15H17N3O7. The Morgan fingerprint density at radius 2 is 2.12 bits per heavy atom. The van der Waals surface area contributed by atoms with E-state index in [1.165, 1.54) is 38.1 Å². The van der Waals surface area contributed by atoms with Crippen LogP contribution in [-0.2, 0) is 19.1 Å². The largest absolute Gasteiger partial charge is 0.482 e. The number of hydrogen-bond donors (Lipinski definition) is 0. The predicted octanol–water partition coefficient (Wildman–Crippen LogP) is 0.340. The van der Waals surface area contributed by atoms with E-state index in [0.717, 1.165) is 11.0 Å². The summed E-state index contributed by atoms with van der Waals surface area (Å²) in [4.78, 5) is 48.4. The Labute approximate surface area is 143 Å². The number of anilines is 1. The summed E-state index contributed by atoms with van der Waals surface area (Å²) in [5, 5.41) is 10.9. The highest BCUT2D eigenvalue weighted by molar-refractivity contribution is 6.01. The first-order valence-corrected chi connectivity index (χ1v) is 7.33. The van der Waals surface area contributed by atoms with Gasteiger partial charge in [-0.05, 0) is 13.0 Å². The first-order chi connectivity index (χ1) is 11.7. The average molecular weight is 351 g/mol. The van der Waals surface area contributed by atoms with Crippen molar-refractivity contribution in [2.24, 2.45) is 0 Å². The number of nitrogens with zero attached hydrogens (tertiary/aromatic N) is 3. The van der Waals surface area contributed by atoms with Crippen LogP contribution >= 0.6 is 0 Å². The lowest BCUT2D eigenvalue weighted by molar-refractivity contribution is -0.384. The van der Waals surface area contributed by atoms with Crippen molar-refractivity contribution in [2.75, 3.05) is 32.1 Å². The van der Waals surface area contributed by atoms with Crippen LogP contribution in [0.3, 0.4) is 0 Å². The highest BCUT2D eigenvalue weighted by atomic mass is 16.6. The maximum Gasteiger partial charge on any atom is 0.326 e. The van der Waals surface area contributed by atoms with Gasteiger partial charge in [-0.25, -0.2) is 0 Å². The molecule has 1 atom stereocenters. The van der Waals surface area contributed by atoms with Gasteiger partial charge < -0.3 is 14.4 Å². The molecule has 0 saturated carbocycles. The van der Waals surface area contributed by atoms with Crippen LogP contribution < -0.4 is 9.64 Å². The van der Waals surface area contributed by atoms with Crippen molar-refractivity contribution < 1.29 is 28.8 Å². The first kappa shape index (κ1) is 18.2. The minimum absolute atomic E-state index is 0.106. The molecule has 0 aromatic heterocycles. The van der Waals surface area contributed by atoms with Gasteiger partial charge >= 0.3 is 5.97 Å². The summed E-state index contributed by atoms with van der Waals surface area (Å²) in [6.45, 7) is 0.631. The molecule has 0 spiro atoms. The molecule has 0 unspecified atom stereocenters. The van der Waals surface area contributed by atoms with E-state index >= 15 is 0 Å². The van der Waals surface area contributed by atoms with Crippen LogP contribution in [0, 0.1) is 10.1 Å². The summed E-state index contributed by atoms with van der Waals surface area (Å²) in [6.07, 6.45) is -1.01. The summed E-state index contributed by atoms with van der Waals surface area (Å²) in [6, 6.07) is 3.74. The molecule has 0 aliphatic carbocycles. The number of hydrogen-bond acceptors (Lipinski definition) is 7. The molecule has 2 amide bonds. The molecule has 1 aliphatic heterocycles. The number of non-ortho nitro benzene ring substituents is 1. The second-order valence-corrected chi connectivity index (χ2v) is 5.54. The van der Waals surface area contributed by atoms with E-state index in [9.17, 15) is 24.5 Å². The van der Waals surface area contributed by atoms with Crippen molar-refractivity contribution in [1.29, 1.82) is 0 Å². The lowest BCUT2D eigenvalue weighted by Crippen LogP contribution is -2.44. The number of carbonyl (C=O) groups is 3. The summed E-state index contributed by atoms with van der Waals surface area (Å²) in [5.41, 5.74) is -0.138. The van der Waals surface area contributed by atoms with E-state index < -0.39 is 35.4 Å². The zero-order chi connectivity index (χ0) is 18.7. The number of benzene rings is 1. The molecule has 25 heavy (non-hydrogen) atoms. The lowest BCUT2D eigenvalue weighted by atomic mass is 10.2. The Kier molecular flexibility index (Phi) is 5.20. The lowest BCUT2D eigenvalue weighted by Gasteiger charge is -2.28. The number of ether oxygens (including phenoxy) is 2. The molecule has 0 radical (unpaired) electrons. The minimum atomic E-state index is -1.01. The zero-order valence-electron chi connectivity index (χ0n) is 13.9. The van der Waals surface area contributed by atoms with Crippen molar-refractivity contribution in [3.05, 3.63) is 28.3 Å². The Balaban J connectivity index is 2.18. The number of esters is 1. The fraction of sp³-hybridized carbons (Fsp3) is 0.400. The molecule has 10 nitrogen and oxygen atoms in total. The predicted molar refractivity (Wildman–Crippen MR) is 85.2 cm³/mol. The maximum atomic E-state index is 12.1. The smallest absolute Gasteiger partial charge is 0.326 e. The average Bonchev–Trinajstić information content (AvgIpc) is 2.55. The topological polar surface area (TPSA) is 119 Å². The standard InChI is InChI=1S/C15H17N3O7/c1-9(15(21)16(2)3)25-14(20)7-17-11-6-10(18(22)23)4-5-12(11)24-8-13(17)19/h4-6,9H,7-8H2,1-3H3/t9-/m0/s1. The van der Waals surface area contributed by atoms with Crippen molar-refractivity contribution in [3.8, 4) is 5.75 Å². The molecule has 134 valence electrons. The number of nitro groups is 1. The fourth-order valence-electron chi connectivity index (χ4n) is 2.25. The van der Waals surface area contributed by atoms with E-state index in [4.69, 9.17) is 9.47 Å². The Bertz CT molecular complexity index is 732.